The number of aryl methyl sites for hydroxylation is 1. The summed E-state index contributed by atoms with van der Waals surface area (Å²) in [5.41, 5.74) is 1.13. The van der Waals surface area contributed by atoms with E-state index in [4.69, 9.17) is 23.4 Å². The molecular formula is C33H34O10. The molecule has 0 radical (unpaired) electrons. The smallest absolute Gasteiger partial charge is 0.339 e. The first-order valence-corrected chi connectivity index (χ1v) is 13.7. The molecule has 10 heteroatoms. The molecule has 4 aromatic rings. The first-order chi connectivity index (χ1) is 20.4. The number of methoxy groups -OCH3 is 2. The van der Waals surface area contributed by atoms with Crippen molar-refractivity contribution in [1.82, 2.24) is 0 Å². The number of phenolic OH excluding ortho intramolecular Hbond substituents is 1. The van der Waals surface area contributed by atoms with Crippen molar-refractivity contribution < 1.29 is 43.5 Å². The van der Waals surface area contributed by atoms with Gasteiger partial charge in [0.25, 0.3) is 0 Å². The number of hydrogen-bond acceptors (Lipinski definition) is 10. The number of aliphatic hydroxyl groups excluding tert-OH is 2. The number of ketones is 1. The molecule has 226 valence electrons. The molecule has 2 heterocycles. The Morgan fingerprint density at radius 2 is 1.65 bits per heavy atom. The van der Waals surface area contributed by atoms with Crippen LogP contribution in [-0.2, 0) is 15.9 Å². The Kier molecular flexibility index (Phi) is 8.31. The number of rotatable bonds is 8. The van der Waals surface area contributed by atoms with Crippen molar-refractivity contribution in [2.24, 2.45) is 0 Å². The van der Waals surface area contributed by atoms with E-state index in [1.807, 2.05) is 0 Å². The van der Waals surface area contributed by atoms with Gasteiger partial charge < -0.3 is 38.7 Å². The fourth-order valence-electron chi connectivity index (χ4n) is 5.45. The zero-order chi connectivity index (χ0) is 31.1. The molecule has 1 saturated heterocycles. The van der Waals surface area contributed by atoms with Crippen molar-refractivity contribution in [3.63, 3.8) is 0 Å². The maximum Gasteiger partial charge on any atom is 0.339 e. The molecule has 1 aliphatic rings. The van der Waals surface area contributed by atoms with Gasteiger partial charge >= 0.3 is 5.63 Å². The van der Waals surface area contributed by atoms with Crippen LogP contribution >= 0.6 is 0 Å². The Morgan fingerprint density at radius 1 is 0.953 bits per heavy atom. The minimum Gasteiger partial charge on any atom is -0.508 e. The Bertz CT molecular complexity index is 1710. The van der Waals surface area contributed by atoms with Gasteiger partial charge in [-0.15, -0.1) is 0 Å². The summed E-state index contributed by atoms with van der Waals surface area (Å²) in [5.74, 6) is 0.686. The van der Waals surface area contributed by atoms with Crippen LogP contribution < -0.4 is 15.1 Å². The number of aliphatic hydroxyl groups is 2. The van der Waals surface area contributed by atoms with Crippen LogP contribution in [0, 0.1) is 6.92 Å². The third-order valence-corrected chi connectivity index (χ3v) is 7.77. The fourth-order valence-corrected chi connectivity index (χ4v) is 5.45. The predicted octanol–water partition coefficient (Wildman–Crippen LogP) is 4.16. The van der Waals surface area contributed by atoms with Crippen molar-refractivity contribution in [1.29, 1.82) is 0 Å². The highest BCUT2D eigenvalue weighted by Crippen LogP contribution is 2.35. The Labute approximate surface area is 248 Å². The maximum atomic E-state index is 13.3. The number of aromatic hydroxyl groups is 1. The van der Waals surface area contributed by atoms with Crippen LogP contribution in [0.3, 0.4) is 0 Å². The van der Waals surface area contributed by atoms with Gasteiger partial charge in [-0.3, -0.25) is 4.79 Å². The summed E-state index contributed by atoms with van der Waals surface area (Å²) in [4.78, 5) is 26.3. The largest absolute Gasteiger partial charge is 0.508 e. The molecule has 1 fully saturated rings. The molecular weight excluding hydrogens is 556 g/mol. The van der Waals surface area contributed by atoms with Gasteiger partial charge in [-0.05, 0) is 74.9 Å². The number of benzene rings is 3. The zero-order valence-electron chi connectivity index (χ0n) is 24.5. The minimum atomic E-state index is -1.39. The summed E-state index contributed by atoms with van der Waals surface area (Å²) in [6.45, 7) is 5.14. The first-order valence-electron chi connectivity index (χ1n) is 13.7. The van der Waals surface area contributed by atoms with Gasteiger partial charge in [-0.2, -0.15) is 0 Å². The molecule has 3 aromatic carbocycles. The molecule has 1 aromatic heterocycles. The molecule has 0 bridgehead atoms. The molecule has 3 N–H and O–H groups in total. The second-order valence-electron chi connectivity index (χ2n) is 11.1. The fraction of sp³-hybridized carbons (Fsp3) is 0.333. The van der Waals surface area contributed by atoms with Crippen LogP contribution in [0.4, 0.5) is 0 Å². The molecule has 0 unspecified atom stereocenters. The average molecular weight is 591 g/mol. The second kappa shape index (κ2) is 11.8. The van der Waals surface area contributed by atoms with E-state index >= 15 is 0 Å². The van der Waals surface area contributed by atoms with Crippen LogP contribution in [0.5, 0.6) is 17.2 Å². The van der Waals surface area contributed by atoms with Gasteiger partial charge in [-0.1, -0.05) is 12.1 Å². The number of hydrogen-bond donors (Lipinski definition) is 3. The van der Waals surface area contributed by atoms with Gasteiger partial charge in [-0.25, -0.2) is 4.79 Å². The van der Waals surface area contributed by atoms with E-state index in [9.17, 15) is 24.9 Å². The van der Waals surface area contributed by atoms with Crippen molar-refractivity contribution in [2.75, 3.05) is 14.2 Å². The van der Waals surface area contributed by atoms with E-state index in [0.717, 1.165) is 5.56 Å². The lowest BCUT2D eigenvalue weighted by atomic mass is 9.89. The number of ether oxygens (including phenoxy) is 4. The summed E-state index contributed by atoms with van der Waals surface area (Å²) in [6, 6.07) is 16.5. The maximum absolute atomic E-state index is 13.3. The minimum absolute atomic E-state index is 0.120. The van der Waals surface area contributed by atoms with Crippen molar-refractivity contribution in [3.8, 4) is 28.4 Å². The Morgan fingerprint density at radius 3 is 2.33 bits per heavy atom. The monoisotopic (exact) mass is 590 g/mol. The Hall–Kier alpha value is -4.22. The molecule has 0 amide bonds. The summed E-state index contributed by atoms with van der Waals surface area (Å²) in [5, 5.41) is 31.4. The van der Waals surface area contributed by atoms with Crippen molar-refractivity contribution in [2.45, 2.75) is 57.4 Å². The number of fused-ring (bicyclic) bond motifs is 1. The zero-order valence-corrected chi connectivity index (χ0v) is 24.5. The van der Waals surface area contributed by atoms with Crippen molar-refractivity contribution >= 4 is 16.8 Å². The highest BCUT2D eigenvalue weighted by atomic mass is 16.7. The highest BCUT2D eigenvalue weighted by Gasteiger charge is 2.50. The van der Waals surface area contributed by atoms with Gasteiger partial charge in [0.1, 0.15) is 41.1 Å². The van der Waals surface area contributed by atoms with Crippen LogP contribution in [0.15, 0.2) is 69.9 Å². The lowest BCUT2D eigenvalue weighted by Gasteiger charge is -2.46. The van der Waals surface area contributed by atoms with Crippen molar-refractivity contribution in [3.05, 3.63) is 87.8 Å². The molecule has 43 heavy (non-hydrogen) atoms. The van der Waals surface area contributed by atoms with Gasteiger partial charge in [0.05, 0.1) is 12.7 Å². The third-order valence-electron chi connectivity index (χ3n) is 7.77. The highest BCUT2D eigenvalue weighted by molar-refractivity contribution is 5.99. The number of carbonyl (C=O) groups is 1. The predicted molar refractivity (Wildman–Crippen MR) is 158 cm³/mol. The van der Waals surface area contributed by atoms with E-state index in [2.05, 4.69) is 0 Å². The summed E-state index contributed by atoms with van der Waals surface area (Å²) in [6.07, 6.45) is -4.79. The molecule has 5 rings (SSSR count). The van der Waals surface area contributed by atoms with Crippen LogP contribution in [0.1, 0.15) is 35.3 Å². The molecule has 0 spiro atoms. The first kappa shape index (κ1) is 30.2. The SMILES string of the molecule is COc1ccc(C(=O)Cc2cc3ccc(O[C@@H]4OC(C)(C)[C@H](OC)[C@@H](O)[C@H]4O)c(C)c3oc2=O)cc1-c1ccc(O)cc1. The van der Waals surface area contributed by atoms with E-state index in [1.54, 1.807) is 81.4 Å². The summed E-state index contributed by atoms with van der Waals surface area (Å²) in [7, 11) is 2.96. The van der Waals surface area contributed by atoms with E-state index in [1.165, 1.54) is 14.2 Å². The number of carbonyl (C=O) groups excluding carboxylic acids is 1. The molecule has 0 saturated carbocycles. The summed E-state index contributed by atoms with van der Waals surface area (Å²) >= 11 is 0. The number of phenols is 1. The van der Waals surface area contributed by atoms with Crippen LogP contribution in [-0.4, -0.2) is 65.5 Å². The number of Topliss-reactive ketones (excluding diaryl/α,β-unsaturated/α-hetero) is 1. The molecule has 10 nitrogen and oxygen atoms in total. The topological polar surface area (TPSA) is 145 Å². The van der Waals surface area contributed by atoms with Crippen LogP contribution in [0.2, 0.25) is 0 Å². The normalized spacial score (nSPS) is 21.5. The van der Waals surface area contributed by atoms with Gasteiger partial charge in [0.15, 0.2) is 5.78 Å². The lowest BCUT2D eigenvalue weighted by molar-refractivity contribution is -0.306. The van der Waals surface area contributed by atoms with E-state index < -0.39 is 35.8 Å². The van der Waals surface area contributed by atoms with Gasteiger partial charge in [0.2, 0.25) is 6.29 Å². The quantitative estimate of drug-likeness (QED) is 0.202. The second-order valence-corrected chi connectivity index (χ2v) is 11.1. The lowest BCUT2D eigenvalue weighted by Crippen LogP contribution is -2.63. The van der Waals surface area contributed by atoms with E-state index in [-0.39, 0.29) is 29.1 Å². The molecule has 0 aliphatic carbocycles. The summed E-state index contributed by atoms with van der Waals surface area (Å²) < 4.78 is 28.3. The third kappa shape index (κ3) is 5.87. The van der Waals surface area contributed by atoms with Crippen LogP contribution in [0.25, 0.3) is 22.1 Å². The van der Waals surface area contributed by atoms with Gasteiger partial charge in [0, 0.05) is 41.2 Å². The standard InChI is InChI=1S/C33H34O10/c1-17-25(41-32-28(37)27(36)30(40-5)33(2,3)43-32)12-9-20-14-21(31(38)42-29(17)20)16-24(35)19-8-13-26(39-4)23(15-19)18-6-10-22(34)11-7-18/h6-15,27-28,30,32,34,36-37H,16H2,1-5H3/t27-,28+,30+,32+/m0/s1. The van der Waals surface area contributed by atoms with E-state index in [0.29, 0.717) is 33.6 Å². The Balaban J connectivity index is 1.39. The molecule has 4 atom stereocenters. The average Bonchev–Trinajstić information content (AvgIpc) is 2.98. The molecule has 1 aliphatic heterocycles.